The van der Waals surface area contributed by atoms with Crippen LogP contribution in [0.3, 0.4) is 0 Å². The molecular formula is C28H32N4O2. The summed E-state index contributed by atoms with van der Waals surface area (Å²) < 4.78 is 0. The van der Waals surface area contributed by atoms with Gasteiger partial charge in [0.2, 0.25) is 0 Å². The maximum Gasteiger partial charge on any atom is 0.317 e. The van der Waals surface area contributed by atoms with Crippen molar-refractivity contribution in [2.75, 3.05) is 13.1 Å². The van der Waals surface area contributed by atoms with Gasteiger partial charge in [-0.2, -0.15) is 0 Å². The second-order valence-corrected chi connectivity index (χ2v) is 8.96. The number of hydrogen-bond acceptors (Lipinski definition) is 3. The van der Waals surface area contributed by atoms with E-state index in [-0.39, 0.29) is 17.9 Å². The SMILES string of the molecule is Cc1ccc(CNC(=O)c2ccc(C)nc2C2CCN(C(=O)NCc3ccccc3)CC2)cc1. The summed E-state index contributed by atoms with van der Waals surface area (Å²) in [5, 5.41) is 6.04. The zero-order valence-electron chi connectivity index (χ0n) is 19.9. The first-order valence-electron chi connectivity index (χ1n) is 11.9. The van der Waals surface area contributed by atoms with Crippen molar-refractivity contribution in [3.8, 4) is 0 Å². The molecule has 2 aromatic carbocycles. The Balaban J connectivity index is 1.35. The third kappa shape index (κ3) is 6.01. The van der Waals surface area contributed by atoms with Crippen LogP contribution in [0.4, 0.5) is 4.79 Å². The minimum absolute atomic E-state index is 0.0458. The van der Waals surface area contributed by atoms with E-state index in [1.165, 1.54) is 5.56 Å². The van der Waals surface area contributed by atoms with Gasteiger partial charge in [0.1, 0.15) is 0 Å². The van der Waals surface area contributed by atoms with Gasteiger partial charge in [-0.3, -0.25) is 9.78 Å². The Labute approximate surface area is 201 Å². The molecule has 0 atom stereocenters. The van der Waals surface area contributed by atoms with Crippen LogP contribution < -0.4 is 10.6 Å². The predicted octanol–water partition coefficient (Wildman–Crippen LogP) is 4.72. The molecule has 3 amide bonds. The monoisotopic (exact) mass is 456 g/mol. The number of likely N-dealkylation sites (tertiary alicyclic amines) is 1. The number of nitrogens with one attached hydrogen (secondary N) is 2. The largest absolute Gasteiger partial charge is 0.348 e. The minimum atomic E-state index is -0.105. The van der Waals surface area contributed by atoms with Crippen molar-refractivity contribution in [1.82, 2.24) is 20.5 Å². The van der Waals surface area contributed by atoms with E-state index in [4.69, 9.17) is 4.98 Å². The topological polar surface area (TPSA) is 74.3 Å². The fraction of sp³-hybridized carbons (Fsp3) is 0.321. The van der Waals surface area contributed by atoms with E-state index in [0.717, 1.165) is 35.4 Å². The number of amides is 3. The quantitative estimate of drug-likeness (QED) is 0.564. The van der Waals surface area contributed by atoms with Crippen LogP contribution in [0, 0.1) is 13.8 Å². The van der Waals surface area contributed by atoms with Crippen LogP contribution in [-0.4, -0.2) is 34.9 Å². The number of nitrogens with zero attached hydrogens (tertiary/aromatic N) is 2. The van der Waals surface area contributed by atoms with Gasteiger partial charge in [-0.15, -0.1) is 0 Å². The van der Waals surface area contributed by atoms with Crippen molar-refractivity contribution in [2.24, 2.45) is 0 Å². The Morgan fingerprint density at radius 3 is 2.21 bits per heavy atom. The zero-order valence-corrected chi connectivity index (χ0v) is 19.9. The summed E-state index contributed by atoms with van der Waals surface area (Å²) >= 11 is 0. The maximum atomic E-state index is 13.0. The molecule has 0 aliphatic carbocycles. The van der Waals surface area contributed by atoms with E-state index in [1.54, 1.807) is 0 Å². The zero-order chi connectivity index (χ0) is 23.9. The van der Waals surface area contributed by atoms with Crippen LogP contribution in [0.2, 0.25) is 0 Å². The summed E-state index contributed by atoms with van der Waals surface area (Å²) in [6.45, 7) is 6.28. The summed E-state index contributed by atoms with van der Waals surface area (Å²) in [7, 11) is 0. The first-order valence-corrected chi connectivity index (χ1v) is 11.9. The highest BCUT2D eigenvalue weighted by Crippen LogP contribution is 2.29. The number of carbonyl (C=O) groups is 2. The van der Waals surface area contributed by atoms with Gasteiger partial charge < -0.3 is 15.5 Å². The predicted molar refractivity (Wildman–Crippen MR) is 134 cm³/mol. The second-order valence-electron chi connectivity index (χ2n) is 8.96. The molecule has 0 unspecified atom stereocenters. The summed E-state index contributed by atoms with van der Waals surface area (Å²) in [6.07, 6.45) is 1.57. The first-order chi connectivity index (χ1) is 16.5. The van der Waals surface area contributed by atoms with E-state index in [1.807, 2.05) is 85.5 Å². The number of urea groups is 1. The lowest BCUT2D eigenvalue weighted by Crippen LogP contribution is -2.44. The van der Waals surface area contributed by atoms with Crippen LogP contribution in [0.15, 0.2) is 66.7 Å². The Hall–Kier alpha value is -3.67. The van der Waals surface area contributed by atoms with E-state index in [9.17, 15) is 9.59 Å². The number of benzene rings is 2. The molecule has 0 saturated carbocycles. The Bertz CT molecular complexity index is 1120. The number of pyridine rings is 1. The molecule has 0 spiro atoms. The molecule has 3 aromatic rings. The van der Waals surface area contributed by atoms with Crippen molar-refractivity contribution in [2.45, 2.75) is 45.7 Å². The van der Waals surface area contributed by atoms with E-state index in [2.05, 4.69) is 10.6 Å². The molecule has 2 N–H and O–H groups in total. The van der Waals surface area contributed by atoms with Crippen molar-refractivity contribution in [3.05, 3.63) is 100 Å². The summed E-state index contributed by atoms with van der Waals surface area (Å²) in [5.41, 5.74) is 5.70. The first kappa shape index (κ1) is 23.5. The van der Waals surface area contributed by atoms with E-state index in [0.29, 0.717) is 31.7 Å². The Morgan fingerprint density at radius 1 is 0.853 bits per heavy atom. The van der Waals surface area contributed by atoms with Gasteiger partial charge in [0, 0.05) is 37.8 Å². The smallest absolute Gasteiger partial charge is 0.317 e. The van der Waals surface area contributed by atoms with Gasteiger partial charge in [0.05, 0.1) is 11.3 Å². The Kier molecular flexibility index (Phi) is 7.58. The average Bonchev–Trinajstić information content (AvgIpc) is 2.87. The van der Waals surface area contributed by atoms with Gasteiger partial charge in [-0.1, -0.05) is 60.2 Å². The molecule has 1 fully saturated rings. The van der Waals surface area contributed by atoms with Crippen LogP contribution in [0.25, 0.3) is 0 Å². The maximum absolute atomic E-state index is 13.0. The molecule has 1 aromatic heterocycles. The van der Waals surface area contributed by atoms with Crippen LogP contribution in [0.1, 0.15) is 57.2 Å². The lowest BCUT2D eigenvalue weighted by Gasteiger charge is -2.32. The van der Waals surface area contributed by atoms with Gasteiger partial charge in [-0.05, 0) is 49.9 Å². The minimum Gasteiger partial charge on any atom is -0.348 e. The fourth-order valence-electron chi connectivity index (χ4n) is 4.30. The third-order valence-electron chi connectivity index (χ3n) is 6.34. The van der Waals surface area contributed by atoms with Crippen LogP contribution in [0.5, 0.6) is 0 Å². The number of carbonyl (C=O) groups excluding carboxylic acids is 2. The van der Waals surface area contributed by atoms with E-state index >= 15 is 0 Å². The number of hydrogen-bond donors (Lipinski definition) is 2. The number of rotatable bonds is 6. The molecule has 1 aliphatic rings. The van der Waals surface area contributed by atoms with Gasteiger partial charge in [0.25, 0.3) is 5.91 Å². The van der Waals surface area contributed by atoms with Crippen LogP contribution in [-0.2, 0) is 13.1 Å². The lowest BCUT2D eigenvalue weighted by atomic mass is 9.90. The number of piperidine rings is 1. The molecule has 4 rings (SSSR count). The van der Waals surface area contributed by atoms with Crippen molar-refractivity contribution >= 4 is 11.9 Å². The molecule has 34 heavy (non-hydrogen) atoms. The van der Waals surface area contributed by atoms with Gasteiger partial charge in [-0.25, -0.2) is 4.79 Å². The molecular weight excluding hydrogens is 424 g/mol. The summed E-state index contributed by atoms with van der Waals surface area (Å²) in [5.74, 6) is 0.0457. The average molecular weight is 457 g/mol. The molecule has 1 saturated heterocycles. The fourth-order valence-corrected chi connectivity index (χ4v) is 4.30. The lowest BCUT2D eigenvalue weighted by molar-refractivity contribution is 0.0948. The standard InChI is InChI=1S/C28H32N4O2/c1-20-8-11-23(12-9-20)18-29-27(33)25-13-10-21(2)31-26(25)24-14-16-32(17-15-24)28(34)30-19-22-6-4-3-5-7-22/h3-13,24H,14-19H2,1-2H3,(H,29,33)(H,30,34). The number of aryl methyl sites for hydroxylation is 2. The second kappa shape index (κ2) is 11.0. The third-order valence-corrected chi connectivity index (χ3v) is 6.34. The Morgan fingerprint density at radius 2 is 1.50 bits per heavy atom. The van der Waals surface area contributed by atoms with Gasteiger partial charge >= 0.3 is 6.03 Å². The van der Waals surface area contributed by atoms with Gasteiger partial charge in [0.15, 0.2) is 0 Å². The molecule has 6 heteroatoms. The molecule has 2 heterocycles. The number of aromatic nitrogens is 1. The molecule has 6 nitrogen and oxygen atoms in total. The molecule has 0 radical (unpaired) electrons. The van der Waals surface area contributed by atoms with Crippen molar-refractivity contribution < 1.29 is 9.59 Å². The van der Waals surface area contributed by atoms with Crippen molar-refractivity contribution in [1.29, 1.82) is 0 Å². The van der Waals surface area contributed by atoms with Crippen molar-refractivity contribution in [3.63, 3.8) is 0 Å². The molecule has 1 aliphatic heterocycles. The highest BCUT2D eigenvalue weighted by atomic mass is 16.2. The van der Waals surface area contributed by atoms with E-state index < -0.39 is 0 Å². The highest BCUT2D eigenvalue weighted by molar-refractivity contribution is 5.95. The molecule has 176 valence electrons. The summed E-state index contributed by atoms with van der Waals surface area (Å²) in [4.78, 5) is 32.3. The van der Waals surface area contributed by atoms with Crippen LogP contribution >= 0.6 is 0 Å². The summed E-state index contributed by atoms with van der Waals surface area (Å²) in [6, 6.07) is 21.8. The highest BCUT2D eigenvalue weighted by Gasteiger charge is 2.27. The molecule has 0 bridgehead atoms. The normalized spacial score (nSPS) is 14.0.